The highest BCUT2D eigenvalue weighted by atomic mass is 35.5. The van der Waals surface area contributed by atoms with Gasteiger partial charge >= 0.3 is 6.09 Å². The molecule has 0 bridgehead atoms. The van der Waals surface area contributed by atoms with Crippen molar-refractivity contribution in [2.75, 3.05) is 10.6 Å². The number of primary amides is 1. The first kappa shape index (κ1) is 20.2. The molecule has 0 saturated carbocycles. The van der Waals surface area contributed by atoms with Crippen molar-refractivity contribution in [2.45, 2.75) is 0 Å². The monoisotopic (exact) mass is 440 g/mol. The molecule has 4 rings (SSSR count). The number of hydrogen-bond acceptors (Lipinski definition) is 5. The topological polar surface area (TPSA) is 130 Å². The molecule has 8 nitrogen and oxygen atoms in total. The summed E-state index contributed by atoms with van der Waals surface area (Å²) in [6, 6.07) is 12.1. The first-order chi connectivity index (χ1) is 14.8. The van der Waals surface area contributed by atoms with Gasteiger partial charge in [0.15, 0.2) is 5.58 Å². The van der Waals surface area contributed by atoms with E-state index >= 15 is 0 Å². The SMILES string of the molecule is NC(=O)c1ccc(-c2nccc3c(Nc4ccc(F)c(Cl)c4)c(NC(=O)O)oc23)cc1. The molecule has 2 amide bonds. The van der Waals surface area contributed by atoms with Crippen molar-refractivity contribution in [3.05, 3.63) is 71.1 Å². The lowest BCUT2D eigenvalue weighted by Gasteiger charge is -2.08. The number of nitrogens with two attached hydrogens (primary N) is 1. The number of nitrogens with zero attached hydrogens (tertiary/aromatic N) is 1. The fraction of sp³-hybridized carbons (Fsp3) is 0. The predicted molar refractivity (Wildman–Crippen MR) is 114 cm³/mol. The Morgan fingerprint density at radius 2 is 1.87 bits per heavy atom. The number of aromatic nitrogens is 1. The Morgan fingerprint density at radius 1 is 1.13 bits per heavy atom. The molecule has 10 heteroatoms. The second-order valence-corrected chi connectivity index (χ2v) is 6.88. The number of halogens is 2. The summed E-state index contributed by atoms with van der Waals surface area (Å²) < 4.78 is 19.3. The van der Waals surface area contributed by atoms with Gasteiger partial charge in [0, 0.05) is 23.0 Å². The number of furan rings is 1. The van der Waals surface area contributed by atoms with E-state index in [1.54, 1.807) is 30.3 Å². The van der Waals surface area contributed by atoms with Crippen LogP contribution in [0.4, 0.5) is 26.4 Å². The van der Waals surface area contributed by atoms with Crippen molar-refractivity contribution in [1.82, 2.24) is 4.98 Å². The molecule has 5 N–H and O–H groups in total. The summed E-state index contributed by atoms with van der Waals surface area (Å²) in [6.07, 6.45) is 0.197. The zero-order valence-electron chi connectivity index (χ0n) is 15.6. The Morgan fingerprint density at radius 3 is 2.52 bits per heavy atom. The van der Waals surface area contributed by atoms with E-state index in [1.165, 1.54) is 24.4 Å². The van der Waals surface area contributed by atoms with Crippen LogP contribution >= 0.6 is 11.6 Å². The van der Waals surface area contributed by atoms with Crippen LogP contribution < -0.4 is 16.4 Å². The number of hydrogen-bond donors (Lipinski definition) is 4. The summed E-state index contributed by atoms with van der Waals surface area (Å²) in [5.41, 5.74) is 7.69. The van der Waals surface area contributed by atoms with Gasteiger partial charge in [0.1, 0.15) is 17.2 Å². The molecule has 4 aromatic rings. The molecular formula is C21H14ClFN4O4. The molecule has 0 saturated heterocycles. The van der Waals surface area contributed by atoms with E-state index in [1.807, 2.05) is 0 Å². The lowest BCUT2D eigenvalue weighted by atomic mass is 10.1. The van der Waals surface area contributed by atoms with E-state index in [2.05, 4.69) is 15.6 Å². The van der Waals surface area contributed by atoms with Crippen LogP contribution in [0.3, 0.4) is 0 Å². The van der Waals surface area contributed by atoms with E-state index in [0.29, 0.717) is 39.2 Å². The van der Waals surface area contributed by atoms with Crippen molar-refractivity contribution in [3.63, 3.8) is 0 Å². The summed E-state index contributed by atoms with van der Waals surface area (Å²) in [5, 5.41) is 14.8. The van der Waals surface area contributed by atoms with Gasteiger partial charge < -0.3 is 20.6 Å². The third-order valence-corrected chi connectivity index (χ3v) is 4.75. The molecule has 0 unspecified atom stereocenters. The van der Waals surface area contributed by atoms with Gasteiger partial charge in [-0.05, 0) is 36.4 Å². The number of nitrogens with one attached hydrogen (secondary N) is 2. The minimum absolute atomic E-state index is 0.0778. The highest BCUT2D eigenvalue weighted by Crippen LogP contribution is 2.41. The second-order valence-electron chi connectivity index (χ2n) is 6.47. The largest absolute Gasteiger partial charge is 0.465 e. The van der Waals surface area contributed by atoms with Crippen molar-refractivity contribution in [1.29, 1.82) is 0 Å². The van der Waals surface area contributed by atoms with Gasteiger partial charge in [-0.3, -0.25) is 15.1 Å². The third kappa shape index (κ3) is 3.99. The Hall–Kier alpha value is -4.11. The number of amides is 2. The molecular weight excluding hydrogens is 427 g/mol. The summed E-state index contributed by atoms with van der Waals surface area (Å²) in [5.74, 6) is -1.22. The summed E-state index contributed by atoms with van der Waals surface area (Å²) in [4.78, 5) is 26.9. The average Bonchev–Trinajstić information content (AvgIpc) is 3.07. The second kappa shape index (κ2) is 7.96. The zero-order valence-corrected chi connectivity index (χ0v) is 16.4. The van der Waals surface area contributed by atoms with Gasteiger partial charge in [0.05, 0.1) is 10.4 Å². The predicted octanol–water partition coefficient (Wildman–Crippen LogP) is 5.22. The van der Waals surface area contributed by atoms with E-state index in [9.17, 15) is 19.1 Å². The first-order valence-electron chi connectivity index (χ1n) is 8.87. The van der Waals surface area contributed by atoms with E-state index < -0.39 is 17.8 Å². The highest BCUT2D eigenvalue weighted by molar-refractivity contribution is 6.31. The highest BCUT2D eigenvalue weighted by Gasteiger charge is 2.20. The maximum atomic E-state index is 13.5. The Kier molecular flexibility index (Phi) is 5.18. The van der Waals surface area contributed by atoms with Crippen LogP contribution in [-0.4, -0.2) is 22.1 Å². The van der Waals surface area contributed by atoms with E-state index in [-0.39, 0.29) is 10.9 Å². The number of rotatable bonds is 5. The molecule has 0 fully saturated rings. The van der Waals surface area contributed by atoms with Gasteiger partial charge in [-0.2, -0.15) is 0 Å². The minimum atomic E-state index is -1.33. The number of carbonyl (C=O) groups excluding carboxylic acids is 1. The van der Waals surface area contributed by atoms with Crippen molar-refractivity contribution < 1.29 is 23.5 Å². The average molecular weight is 441 g/mol. The van der Waals surface area contributed by atoms with Crippen LogP contribution in [0.1, 0.15) is 10.4 Å². The molecule has 0 radical (unpaired) electrons. The van der Waals surface area contributed by atoms with Crippen molar-refractivity contribution in [3.8, 4) is 11.3 Å². The number of anilines is 3. The molecule has 0 aliphatic carbocycles. The molecule has 0 atom stereocenters. The Balaban J connectivity index is 1.85. The van der Waals surface area contributed by atoms with Crippen molar-refractivity contribution in [2.24, 2.45) is 5.73 Å². The summed E-state index contributed by atoms with van der Waals surface area (Å²) in [6.45, 7) is 0. The van der Waals surface area contributed by atoms with Crippen LogP contribution in [-0.2, 0) is 0 Å². The van der Waals surface area contributed by atoms with Crippen LogP contribution in [0.15, 0.2) is 59.1 Å². The van der Waals surface area contributed by atoms with Gasteiger partial charge in [0.2, 0.25) is 11.8 Å². The van der Waals surface area contributed by atoms with Crippen LogP contribution in [0.25, 0.3) is 22.2 Å². The lowest BCUT2D eigenvalue weighted by Crippen LogP contribution is -2.10. The number of benzene rings is 2. The number of pyridine rings is 1. The molecule has 0 aliphatic rings. The summed E-state index contributed by atoms with van der Waals surface area (Å²) in [7, 11) is 0. The molecule has 2 aromatic carbocycles. The van der Waals surface area contributed by atoms with Gasteiger partial charge in [-0.15, -0.1) is 0 Å². The fourth-order valence-electron chi connectivity index (χ4n) is 3.05. The fourth-order valence-corrected chi connectivity index (χ4v) is 3.23. The molecule has 156 valence electrons. The molecule has 0 aliphatic heterocycles. The van der Waals surface area contributed by atoms with Gasteiger partial charge in [-0.25, -0.2) is 9.18 Å². The van der Waals surface area contributed by atoms with Gasteiger partial charge in [-0.1, -0.05) is 23.7 Å². The minimum Gasteiger partial charge on any atom is -0.465 e. The van der Waals surface area contributed by atoms with Crippen LogP contribution in [0, 0.1) is 5.82 Å². The smallest absolute Gasteiger partial charge is 0.411 e. The van der Waals surface area contributed by atoms with E-state index in [0.717, 1.165) is 0 Å². The lowest BCUT2D eigenvalue weighted by molar-refractivity contribution is 0.1000. The number of carboxylic acid groups (broad SMARTS) is 1. The first-order valence-corrected chi connectivity index (χ1v) is 9.25. The quantitative estimate of drug-likeness (QED) is 0.336. The van der Waals surface area contributed by atoms with Gasteiger partial charge in [0.25, 0.3) is 0 Å². The Labute approximate surface area is 179 Å². The molecule has 31 heavy (non-hydrogen) atoms. The normalized spacial score (nSPS) is 10.8. The number of carbonyl (C=O) groups is 2. The molecule has 2 aromatic heterocycles. The maximum absolute atomic E-state index is 13.5. The van der Waals surface area contributed by atoms with Crippen LogP contribution in [0.2, 0.25) is 5.02 Å². The third-order valence-electron chi connectivity index (χ3n) is 4.46. The standard InChI is InChI=1S/C21H14ClFN4O4/c22-14-9-12(5-6-15(14)23)26-17-13-7-8-25-16(18(13)31-20(17)27-21(29)30)10-1-3-11(4-2-10)19(24)28/h1-9,26-27H,(H2,24,28)(H,29,30). The maximum Gasteiger partial charge on any atom is 0.411 e. The van der Waals surface area contributed by atoms with E-state index in [4.69, 9.17) is 21.8 Å². The molecule has 0 spiro atoms. The van der Waals surface area contributed by atoms with Crippen molar-refractivity contribution >= 4 is 51.8 Å². The zero-order chi connectivity index (χ0) is 22.1. The van der Waals surface area contributed by atoms with Crippen LogP contribution in [0.5, 0.6) is 0 Å². The number of fused-ring (bicyclic) bond motifs is 1. The molecule has 2 heterocycles. The summed E-state index contributed by atoms with van der Waals surface area (Å²) >= 11 is 5.85. The Bertz CT molecular complexity index is 1320.